The molecule has 2 amide bonds. The number of hydrogen-bond donors (Lipinski definition) is 2. The first-order valence-electron chi connectivity index (χ1n) is 8.77. The number of sulfonamides is 1. The topological polar surface area (TPSA) is 119 Å². The molecule has 1 fully saturated rings. The van der Waals surface area contributed by atoms with Gasteiger partial charge in [-0.25, -0.2) is 8.42 Å². The van der Waals surface area contributed by atoms with Crippen molar-refractivity contribution in [3.05, 3.63) is 58.1 Å². The quantitative estimate of drug-likeness (QED) is 0.700. The van der Waals surface area contributed by atoms with Crippen molar-refractivity contribution in [3.8, 4) is 6.07 Å². The SMILES string of the molecule is N#Cc1ccc(S(=O)(=O)N2CCNC(=O)C2CC(=O)Nc2cc(Cl)ccc2Cl)cc1. The van der Waals surface area contributed by atoms with E-state index in [1.165, 1.54) is 36.4 Å². The number of nitrogens with one attached hydrogen (secondary N) is 2. The van der Waals surface area contributed by atoms with Crippen LogP contribution in [0.2, 0.25) is 10.0 Å². The molecule has 1 atom stereocenters. The molecule has 3 rings (SSSR count). The van der Waals surface area contributed by atoms with Gasteiger partial charge in [0, 0.05) is 18.1 Å². The molecule has 2 aromatic carbocycles. The largest absolute Gasteiger partial charge is 0.353 e. The molecule has 30 heavy (non-hydrogen) atoms. The zero-order chi connectivity index (χ0) is 21.9. The van der Waals surface area contributed by atoms with Gasteiger partial charge in [-0.3, -0.25) is 9.59 Å². The Labute approximate surface area is 183 Å². The third-order valence-corrected chi connectivity index (χ3v) is 6.94. The summed E-state index contributed by atoms with van der Waals surface area (Å²) < 4.78 is 27.1. The Balaban J connectivity index is 1.83. The second-order valence-corrected chi connectivity index (χ2v) is 9.17. The van der Waals surface area contributed by atoms with E-state index in [0.717, 1.165) is 4.31 Å². The summed E-state index contributed by atoms with van der Waals surface area (Å²) in [4.78, 5) is 24.9. The van der Waals surface area contributed by atoms with Gasteiger partial charge in [-0.1, -0.05) is 23.2 Å². The third kappa shape index (κ3) is 4.74. The summed E-state index contributed by atoms with van der Waals surface area (Å²) in [5.74, 6) is -1.17. The van der Waals surface area contributed by atoms with E-state index in [4.69, 9.17) is 28.5 Å². The van der Waals surface area contributed by atoms with Crippen molar-refractivity contribution >= 4 is 50.7 Å². The molecule has 1 aliphatic rings. The Bertz CT molecular complexity index is 1130. The number of carbonyl (C=O) groups excluding carboxylic acids is 2. The summed E-state index contributed by atoms with van der Waals surface area (Å²) in [6.07, 6.45) is -0.413. The predicted octanol–water partition coefficient (Wildman–Crippen LogP) is 2.38. The van der Waals surface area contributed by atoms with Gasteiger partial charge in [-0.15, -0.1) is 0 Å². The minimum absolute atomic E-state index is 0.00391. The van der Waals surface area contributed by atoms with Crippen LogP contribution in [-0.2, 0) is 19.6 Å². The molecule has 0 spiro atoms. The first-order valence-corrected chi connectivity index (χ1v) is 11.0. The summed E-state index contributed by atoms with van der Waals surface area (Å²) in [6.45, 7) is 0.122. The number of piperazine rings is 1. The van der Waals surface area contributed by atoms with Crippen molar-refractivity contribution < 1.29 is 18.0 Å². The maximum Gasteiger partial charge on any atom is 0.243 e. The number of rotatable bonds is 5. The molecule has 11 heteroatoms. The molecule has 1 aliphatic heterocycles. The molecule has 0 radical (unpaired) electrons. The highest BCUT2D eigenvalue weighted by atomic mass is 35.5. The lowest BCUT2D eigenvalue weighted by Gasteiger charge is -2.33. The van der Waals surface area contributed by atoms with E-state index >= 15 is 0 Å². The highest BCUT2D eigenvalue weighted by Crippen LogP contribution is 2.27. The van der Waals surface area contributed by atoms with Crippen LogP contribution in [0.4, 0.5) is 5.69 Å². The number of hydrogen-bond acceptors (Lipinski definition) is 5. The molecule has 2 N–H and O–H groups in total. The van der Waals surface area contributed by atoms with Crippen LogP contribution < -0.4 is 10.6 Å². The number of carbonyl (C=O) groups is 2. The molecule has 1 unspecified atom stereocenters. The normalized spacial score (nSPS) is 17.1. The summed E-state index contributed by atoms with van der Waals surface area (Å²) in [5, 5.41) is 14.6. The molecule has 1 heterocycles. The van der Waals surface area contributed by atoms with E-state index in [1.807, 2.05) is 6.07 Å². The van der Waals surface area contributed by atoms with Gasteiger partial charge >= 0.3 is 0 Å². The fourth-order valence-electron chi connectivity index (χ4n) is 2.98. The van der Waals surface area contributed by atoms with Crippen LogP contribution >= 0.6 is 23.2 Å². The number of amides is 2. The van der Waals surface area contributed by atoms with Gasteiger partial charge in [0.25, 0.3) is 0 Å². The maximum absolute atomic E-state index is 13.1. The van der Waals surface area contributed by atoms with Gasteiger partial charge in [-0.2, -0.15) is 9.57 Å². The smallest absolute Gasteiger partial charge is 0.243 e. The number of nitriles is 1. The predicted molar refractivity (Wildman–Crippen MR) is 112 cm³/mol. The molecule has 0 aliphatic carbocycles. The minimum atomic E-state index is -4.07. The zero-order valence-electron chi connectivity index (χ0n) is 15.4. The van der Waals surface area contributed by atoms with Crippen LogP contribution in [0.15, 0.2) is 47.4 Å². The van der Waals surface area contributed by atoms with Crippen LogP contribution in [-0.4, -0.2) is 43.7 Å². The van der Waals surface area contributed by atoms with Crippen LogP contribution in [0.3, 0.4) is 0 Å². The summed E-state index contributed by atoms with van der Waals surface area (Å²) in [5.41, 5.74) is 0.562. The van der Waals surface area contributed by atoms with Crippen molar-refractivity contribution in [1.29, 1.82) is 5.26 Å². The fraction of sp³-hybridized carbons (Fsp3) is 0.211. The molecule has 0 aromatic heterocycles. The maximum atomic E-state index is 13.1. The molecule has 156 valence electrons. The zero-order valence-corrected chi connectivity index (χ0v) is 17.8. The van der Waals surface area contributed by atoms with Crippen LogP contribution in [0.25, 0.3) is 0 Å². The summed E-state index contributed by atoms with van der Waals surface area (Å²) in [7, 11) is -4.07. The minimum Gasteiger partial charge on any atom is -0.353 e. The number of benzene rings is 2. The van der Waals surface area contributed by atoms with E-state index in [0.29, 0.717) is 10.6 Å². The van der Waals surface area contributed by atoms with Crippen molar-refractivity contribution in [2.45, 2.75) is 17.4 Å². The van der Waals surface area contributed by atoms with Gasteiger partial charge in [0.05, 0.1) is 33.7 Å². The average Bonchev–Trinajstić information content (AvgIpc) is 2.72. The van der Waals surface area contributed by atoms with Gasteiger partial charge in [0.2, 0.25) is 21.8 Å². The van der Waals surface area contributed by atoms with Gasteiger partial charge < -0.3 is 10.6 Å². The molecular formula is C19H16Cl2N4O4S. The van der Waals surface area contributed by atoms with E-state index < -0.39 is 34.3 Å². The Morgan fingerprint density at radius 1 is 1.23 bits per heavy atom. The molecular weight excluding hydrogens is 451 g/mol. The van der Waals surface area contributed by atoms with Gasteiger partial charge in [0.15, 0.2) is 0 Å². The van der Waals surface area contributed by atoms with Crippen molar-refractivity contribution in [2.24, 2.45) is 0 Å². The number of anilines is 1. The van der Waals surface area contributed by atoms with Crippen LogP contribution in [0.5, 0.6) is 0 Å². The lowest BCUT2D eigenvalue weighted by atomic mass is 10.1. The molecule has 1 saturated heterocycles. The first kappa shape index (κ1) is 22.1. The van der Waals surface area contributed by atoms with Crippen LogP contribution in [0, 0.1) is 11.3 Å². The van der Waals surface area contributed by atoms with Gasteiger partial charge in [0.1, 0.15) is 6.04 Å². The molecule has 0 bridgehead atoms. The van der Waals surface area contributed by atoms with Crippen LogP contribution in [0.1, 0.15) is 12.0 Å². The Morgan fingerprint density at radius 3 is 2.60 bits per heavy atom. The summed E-state index contributed by atoms with van der Waals surface area (Å²) in [6, 6.07) is 10.5. The highest BCUT2D eigenvalue weighted by molar-refractivity contribution is 7.89. The van der Waals surface area contributed by atoms with E-state index in [-0.39, 0.29) is 28.7 Å². The van der Waals surface area contributed by atoms with Crippen molar-refractivity contribution in [2.75, 3.05) is 18.4 Å². The fourth-order valence-corrected chi connectivity index (χ4v) is 4.91. The molecule has 8 nitrogen and oxygen atoms in total. The second kappa shape index (κ2) is 9.02. The van der Waals surface area contributed by atoms with E-state index in [9.17, 15) is 18.0 Å². The molecule has 0 saturated carbocycles. The number of halogens is 2. The Morgan fingerprint density at radius 2 is 1.93 bits per heavy atom. The van der Waals surface area contributed by atoms with Crippen molar-refractivity contribution in [1.82, 2.24) is 9.62 Å². The Kier molecular flexibility index (Phi) is 6.63. The standard InChI is InChI=1S/C19H16Cl2N4O4S/c20-13-3-6-15(21)16(9-13)24-18(26)10-17-19(27)23-7-8-25(17)30(28,29)14-4-1-12(11-22)2-5-14/h1-6,9,17H,7-8,10H2,(H,23,27)(H,24,26). The lowest BCUT2D eigenvalue weighted by molar-refractivity contribution is -0.130. The van der Waals surface area contributed by atoms with E-state index in [2.05, 4.69) is 10.6 Å². The number of nitrogens with zero attached hydrogens (tertiary/aromatic N) is 2. The van der Waals surface area contributed by atoms with Crippen molar-refractivity contribution in [3.63, 3.8) is 0 Å². The molecule has 2 aromatic rings. The Hall–Kier alpha value is -2.64. The highest BCUT2D eigenvalue weighted by Gasteiger charge is 2.39. The third-order valence-electron chi connectivity index (χ3n) is 4.45. The monoisotopic (exact) mass is 466 g/mol. The lowest BCUT2D eigenvalue weighted by Crippen LogP contribution is -2.57. The second-order valence-electron chi connectivity index (χ2n) is 6.44. The van der Waals surface area contributed by atoms with E-state index in [1.54, 1.807) is 6.07 Å². The van der Waals surface area contributed by atoms with Gasteiger partial charge in [-0.05, 0) is 42.5 Å². The summed E-state index contributed by atoms with van der Waals surface area (Å²) >= 11 is 11.9. The first-order chi connectivity index (χ1) is 14.2. The average molecular weight is 467 g/mol.